The monoisotopic (exact) mass is 289 g/mol. The van der Waals surface area contributed by atoms with Crippen molar-refractivity contribution < 1.29 is 9.47 Å². The average Bonchev–Trinajstić information content (AvgIpc) is 2.49. The smallest absolute Gasteiger partial charge is 0.142 e. The summed E-state index contributed by atoms with van der Waals surface area (Å²) in [6.07, 6.45) is 2.88. The molecule has 2 N–H and O–H groups in total. The largest absolute Gasteiger partial charge is 0.493 e. The van der Waals surface area contributed by atoms with Crippen molar-refractivity contribution in [1.82, 2.24) is 0 Å². The van der Waals surface area contributed by atoms with Crippen LogP contribution in [0.5, 0.6) is 11.5 Å². The standard InChI is InChI=1S/C16H19NO2S/c1-20-14-9-7-13(8-10-14)18-11-4-12-19-16-6-3-2-5-15(16)17/h2-3,5-10H,4,11-12,17H2,1H3. The molecule has 2 aromatic rings. The quantitative estimate of drug-likeness (QED) is 0.478. The van der Waals surface area contributed by atoms with E-state index in [2.05, 4.69) is 18.4 Å². The summed E-state index contributed by atoms with van der Waals surface area (Å²) in [4.78, 5) is 1.24. The topological polar surface area (TPSA) is 44.5 Å². The second kappa shape index (κ2) is 7.70. The number of rotatable bonds is 7. The molecule has 2 rings (SSSR count). The van der Waals surface area contributed by atoms with Crippen molar-refractivity contribution in [2.75, 3.05) is 25.2 Å². The van der Waals surface area contributed by atoms with Gasteiger partial charge < -0.3 is 15.2 Å². The van der Waals surface area contributed by atoms with Crippen molar-refractivity contribution in [2.45, 2.75) is 11.3 Å². The van der Waals surface area contributed by atoms with E-state index in [1.807, 2.05) is 36.4 Å². The van der Waals surface area contributed by atoms with Crippen molar-refractivity contribution in [3.05, 3.63) is 48.5 Å². The first kappa shape index (κ1) is 14.6. The fraction of sp³-hybridized carbons (Fsp3) is 0.250. The molecule has 0 heterocycles. The second-order valence-electron chi connectivity index (χ2n) is 4.26. The van der Waals surface area contributed by atoms with Gasteiger partial charge in [0.25, 0.3) is 0 Å². The predicted octanol–water partition coefficient (Wildman–Crippen LogP) is 3.84. The molecule has 3 nitrogen and oxygen atoms in total. The molecule has 0 spiro atoms. The fourth-order valence-electron chi connectivity index (χ4n) is 1.72. The van der Waals surface area contributed by atoms with Gasteiger partial charge in [0.15, 0.2) is 0 Å². The SMILES string of the molecule is CSc1ccc(OCCCOc2ccccc2N)cc1. The third kappa shape index (κ3) is 4.38. The van der Waals surface area contributed by atoms with Gasteiger partial charge in [-0.2, -0.15) is 0 Å². The van der Waals surface area contributed by atoms with Gasteiger partial charge in [-0.1, -0.05) is 12.1 Å². The molecule has 0 bridgehead atoms. The molecule has 0 aliphatic heterocycles. The minimum atomic E-state index is 0.594. The maximum Gasteiger partial charge on any atom is 0.142 e. The third-order valence-electron chi connectivity index (χ3n) is 2.79. The van der Waals surface area contributed by atoms with E-state index in [4.69, 9.17) is 15.2 Å². The summed E-state index contributed by atoms with van der Waals surface area (Å²) >= 11 is 1.72. The summed E-state index contributed by atoms with van der Waals surface area (Å²) in [7, 11) is 0. The van der Waals surface area contributed by atoms with Gasteiger partial charge in [-0.05, 0) is 42.7 Å². The maximum absolute atomic E-state index is 5.80. The lowest BCUT2D eigenvalue weighted by atomic mass is 10.3. The van der Waals surface area contributed by atoms with E-state index in [1.165, 1.54) is 4.90 Å². The highest BCUT2D eigenvalue weighted by molar-refractivity contribution is 7.98. The van der Waals surface area contributed by atoms with Crippen molar-refractivity contribution in [3.8, 4) is 11.5 Å². The highest BCUT2D eigenvalue weighted by Crippen LogP contribution is 2.20. The number of benzene rings is 2. The van der Waals surface area contributed by atoms with E-state index < -0.39 is 0 Å². The zero-order valence-corrected chi connectivity index (χ0v) is 12.4. The molecule has 0 aromatic heterocycles. The van der Waals surface area contributed by atoms with Gasteiger partial charge in [-0.15, -0.1) is 11.8 Å². The molecule has 20 heavy (non-hydrogen) atoms. The van der Waals surface area contributed by atoms with Gasteiger partial charge >= 0.3 is 0 Å². The zero-order chi connectivity index (χ0) is 14.2. The molecule has 106 valence electrons. The minimum absolute atomic E-state index is 0.594. The summed E-state index contributed by atoms with van der Waals surface area (Å²) in [5.74, 6) is 1.62. The molecule has 0 atom stereocenters. The highest BCUT2D eigenvalue weighted by atomic mass is 32.2. The van der Waals surface area contributed by atoms with E-state index in [0.717, 1.165) is 17.9 Å². The van der Waals surface area contributed by atoms with Gasteiger partial charge in [-0.25, -0.2) is 0 Å². The van der Waals surface area contributed by atoms with Crippen molar-refractivity contribution in [2.24, 2.45) is 0 Å². The fourth-order valence-corrected chi connectivity index (χ4v) is 2.12. The van der Waals surface area contributed by atoms with Crippen molar-refractivity contribution >= 4 is 17.4 Å². The summed E-state index contributed by atoms with van der Waals surface area (Å²) in [6.45, 7) is 1.22. The highest BCUT2D eigenvalue weighted by Gasteiger charge is 1.99. The first-order chi connectivity index (χ1) is 9.79. The number of ether oxygens (including phenoxy) is 2. The minimum Gasteiger partial charge on any atom is -0.493 e. The second-order valence-corrected chi connectivity index (χ2v) is 5.14. The van der Waals surface area contributed by atoms with Crippen LogP contribution in [0.1, 0.15) is 6.42 Å². The van der Waals surface area contributed by atoms with Gasteiger partial charge in [0.1, 0.15) is 11.5 Å². The first-order valence-electron chi connectivity index (χ1n) is 6.54. The van der Waals surface area contributed by atoms with Crippen LogP contribution in [0.2, 0.25) is 0 Å². The molecule has 0 saturated heterocycles. The lowest BCUT2D eigenvalue weighted by Crippen LogP contribution is -2.06. The molecule has 2 aromatic carbocycles. The predicted molar refractivity (Wildman–Crippen MR) is 84.7 cm³/mol. The summed E-state index contributed by atoms with van der Waals surface area (Å²) in [6, 6.07) is 15.6. The van der Waals surface area contributed by atoms with E-state index in [-0.39, 0.29) is 0 Å². The molecule has 0 radical (unpaired) electrons. The molecular weight excluding hydrogens is 270 g/mol. The number of thioether (sulfide) groups is 1. The zero-order valence-electron chi connectivity index (χ0n) is 11.5. The molecule has 4 heteroatoms. The van der Waals surface area contributed by atoms with Crippen LogP contribution in [0.3, 0.4) is 0 Å². The van der Waals surface area contributed by atoms with Gasteiger partial charge in [-0.3, -0.25) is 0 Å². The van der Waals surface area contributed by atoms with Crippen LogP contribution in [-0.4, -0.2) is 19.5 Å². The Bertz CT molecular complexity index is 528. The Balaban J connectivity index is 1.67. The summed E-state index contributed by atoms with van der Waals surface area (Å²) in [5, 5.41) is 0. The van der Waals surface area contributed by atoms with Crippen LogP contribution in [0.25, 0.3) is 0 Å². The lowest BCUT2D eigenvalue weighted by molar-refractivity contribution is 0.248. The normalized spacial score (nSPS) is 10.2. The Morgan fingerprint density at radius 2 is 1.65 bits per heavy atom. The molecular formula is C16H19NO2S. The van der Waals surface area contributed by atoms with Crippen molar-refractivity contribution in [1.29, 1.82) is 0 Å². The van der Waals surface area contributed by atoms with Crippen LogP contribution >= 0.6 is 11.8 Å². The number of hydrogen-bond acceptors (Lipinski definition) is 4. The Kier molecular flexibility index (Phi) is 5.62. The number of nitrogens with two attached hydrogens (primary N) is 1. The maximum atomic E-state index is 5.80. The van der Waals surface area contributed by atoms with Crippen LogP contribution in [0.15, 0.2) is 53.4 Å². The number of nitrogen functional groups attached to an aromatic ring is 1. The third-order valence-corrected chi connectivity index (χ3v) is 3.54. The van der Waals surface area contributed by atoms with Gasteiger partial charge in [0.05, 0.1) is 18.9 Å². The Hall–Kier alpha value is -1.81. The van der Waals surface area contributed by atoms with Crippen LogP contribution in [0, 0.1) is 0 Å². The summed E-state index contributed by atoms with van der Waals surface area (Å²) in [5.41, 5.74) is 6.46. The molecule has 0 fully saturated rings. The van der Waals surface area contributed by atoms with E-state index in [1.54, 1.807) is 11.8 Å². The molecule has 0 amide bonds. The van der Waals surface area contributed by atoms with Crippen molar-refractivity contribution in [3.63, 3.8) is 0 Å². The Labute approximate surface area is 124 Å². The van der Waals surface area contributed by atoms with E-state index >= 15 is 0 Å². The molecule has 0 aliphatic rings. The Morgan fingerprint density at radius 1 is 0.950 bits per heavy atom. The lowest BCUT2D eigenvalue weighted by Gasteiger charge is -2.09. The molecule has 0 aliphatic carbocycles. The molecule has 0 saturated carbocycles. The van der Waals surface area contributed by atoms with E-state index in [0.29, 0.717) is 18.9 Å². The average molecular weight is 289 g/mol. The van der Waals surface area contributed by atoms with Crippen LogP contribution in [0.4, 0.5) is 5.69 Å². The van der Waals surface area contributed by atoms with E-state index in [9.17, 15) is 0 Å². The number of anilines is 1. The molecule has 0 unspecified atom stereocenters. The number of para-hydroxylation sites is 2. The summed E-state index contributed by atoms with van der Waals surface area (Å²) < 4.78 is 11.3. The number of hydrogen-bond donors (Lipinski definition) is 1. The van der Waals surface area contributed by atoms with Gasteiger partial charge in [0, 0.05) is 11.3 Å². The first-order valence-corrected chi connectivity index (χ1v) is 7.76. The van der Waals surface area contributed by atoms with Gasteiger partial charge in [0.2, 0.25) is 0 Å². The Morgan fingerprint density at radius 3 is 2.35 bits per heavy atom. The van der Waals surface area contributed by atoms with Crippen LogP contribution < -0.4 is 15.2 Å². The van der Waals surface area contributed by atoms with Crippen LogP contribution in [-0.2, 0) is 0 Å².